The molecule has 1 aromatic rings. The average Bonchev–Trinajstić information content (AvgIpc) is 2.37. The van der Waals surface area contributed by atoms with Crippen LogP contribution in [-0.2, 0) is 11.2 Å². The van der Waals surface area contributed by atoms with Gasteiger partial charge >= 0.3 is 5.97 Å². The van der Waals surface area contributed by atoms with Crippen molar-refractivity contribution in [3.05, 3.63) is 35.4 Å². The molecule has 2 N–H and O–H groups in total. The number of esters is 1. The first kappa shape index (κ1) is 16.0. The van der Waals surface area contributed by atoms with Gasteiger partial charge in [-0.3, -0.25) is 0 Å². The van der Waals surface area contributed by atoms with Crippen molar-refractivity contribution < 1.29 is 9.53 Å². The molecule has 0 aliphatic heterocycles. The summed E-state index contributed by atoms with van der Waals surface area (Å²) < 4.78 is 5.72. The van der Waals surface area contributed by atoms with Crippen LogP contribution in [0.1, 0.15) is 56.0 Å². The number of rotatable bonds is 4. The van der Waals surface area contributed by atoms with Crippen molar-refractivity contribution in [2.24, 2.45) is 17.1 Å². The molecule has 1 aliphatic carbocycles. The Morgan fingerprint density at radius 3 is 2.52 bits per heavy atom. The molecule has 0 saturated heterocycles. The third-order valence-electron chi connectivity index (χ3n) is 4.24. The van der Waals surface area contributed by atoms with Gasteiger partial charge in [0.15, 0.2) is 0 Å². The molecule has 0 heterocycles. The van der Waals surface area contributed by atoms with Gasteiger partial charge in [-0.2, -0.15) is 0 Å². The van der Waals surface area contributed by atoms with Crippen LogP contribution in [0, 0.1) is 11.3 Å². The molecule has 21 heavy (non-hydrogen) atoms. The number of hydrogen-bond donors (Lipinski definition) is 1. The smallest absolute Gasteiger partial charge is 0.338 e. The van der Waals surface area contributed by atoms with Gasteiger partial charge in [-0.15, -0.1) is 0 Å². The van der Waals surface area contributed by atoms with Gasteiger partial charge in [0.25, 0.3) is 0 Å². The average molecular weight is 289 g/mol. The first-order valence-electron chi connectivity index (χ1n) is 7.89. The van der Waals surface area contributed by atoms with Gasteiger partial charge in [0.05, 0.1) is 5.56 Å². The molecule has 1 aliphatic rings. The van der Waals surface area contributed by atoms with Crippen LogP contribution in [0.5, 0.6) is 0 Å². The second-order valence-corrected chi connectivity index (χ2v) is 7.18. The summed E-state index contributed by atoms with van der Waals surface area (Å²) in [7, 11) is 0. The van der Waals surface area contributed by atoms with E-state index in [4.69, 9.17) is 10.5 Å². The second kappa shape index (κ2) is 6.61. The van der Waals surface area contributed by atoms with E-state index in [-0.39, 0.29) is 17.5 Å². The fraction of sp³-hybridized carbons (Fsp3) is 0.611. The number of carbonyl (C=O) groups is 1. The van der Waals surface area contributed by atoms with Crippen molar-refractivity contribution in [2.45, 2.75) is 52.6 Å². The molecule has 116 valence electrons. The van der Waals surface area contributed by atoms with Gasteiger partial charge < -0.3 is 10.5 Å². The zero-order chi connectivity index (χ0) is 15.5. The molecule has 1 fully saturated rings. The summed E-state index contributed by atoms with van der Waals surface area (Å²) in [4.78, 5) is 12.3. The van der Waals surface area contributed by atoms with E-state index in [0.717, 1.165) is 24.8 Å². The first-order valence-corrected chi connectivity index (χ1v) is 7.89. The van der Waals surface area contributed by atoms with Crippen LogP contribution in [0.2, 0.25) is 0 Å². The fourth-order valence-electron chi connectivity index (χ4n) is 3.54. The second-order valence-electron chi connectivity index (χ2n) is 7.18. The van der Waals surface area contributed by atoms with Gasteiger partial charge in [-0.05, 0) is 61.3 Å². The summed E-state index contributed by atoms with van der Waals surface area (Å²) in [5.74, 6) is 0.405. The summed E-state index contributed by atoms with van der Waals surface area (Å²) in [5.41, 5.74) is 7.57. The maximum atomic E-state index is 12.3. The topological polar surface area (TPSA) is 52.3 Å². The van der Waals surface area contributed by atoms with Crippen molar-refractivity contribution in [1.82, 2.24) is 0 Å². The minimum absolute atomic E-state index is 0.0416. The third-order valence-corrected chi connectivity index (χ3v) is 4.24. The van der Waals surface area contributed by atoms with Gasteiger partial charge in [0.2, 0.25) is 0 Å². The van der Waals surface area contributed by atoms with Crippen LogP contribution < -0.4 is 5.73 Å². The van der Waals surface area contributed by atoms with Crippen LogP contribution in [0.15, 0.2) is 24.3 Å². The van der Waals surface area contributed by atoms with Crippen LogP contribution in [0.25, 0.3) is 0 Å². The normalized spacial score (nSPS) is 24.6. The third kappa shape index (κ3) is 4.57. The molecule has 0 amide bonds. The first-order chi connectivity index (χ1) is 9.89. The summed E-state index contributed by atoms with van der Waals surface area (Å²) in [6.07, 6.45) is 4.01. The highest BCUT2D eigenvalue weighted by Crippen LogP contribution is 2.39. The molecule has 2 atom stereocenters. The molecule has 2 unspecified atom stereocenters. The summed E-state index contributed by atoms with van der Waals surface area (Å²) in [6.45, 7) is 7.37. The van der Waals surface area contributed by atoms with E-state index in [2.05, 4.69) is 20.8 Å². The molecule has 0 spiro atoms. The minimum atomic E-state index is -0.204. The van der Waals surface area contributed by atoms with Gasteiger partial charge in [0, 0.05) is 0 Å². The lowest BCUT2D eigenvalue weighted by molar-refractivity contribution is -0.00714. The Labute approximate surface area is 127 Å². The van der Waals surface area contributed by atoms with E-state index >= 15 is 0 Å². The zero-order valence-electron chi connectivity index (χ0n) is 13.4. The maximum absolute atomic E-state index is 12.3. The lowest BCUT2D eigenvalue weighted by Crippen LogP contribution is -2.33. The lowest BCUT2D eigenvalue weighted by Gasteiger charge is -2.38. The van der Waals surface area contributed by atoms with Gasteiger partial charge in [0.1, 0.15) is 6.10 Å². The molecule has 0 aromatic heterocycles. The predicted octanol–water partition coefficient (Wildman–Crippen LogP) is 3.56. The van der Waals surface area contributed by atoms with E-state index < -0.39 is 0 Å². The van der Waals surface area contributed by atoms with Crippen molar-refractivity contribution in [1.29, 1.82) is 0 Å². The standard InChI is InChI=1S/C18H27NO2/c1-13-10-16(12-18(2,3)11-13)21-17(20)15-6-4-14(5-7-15)8-9-19/h4-7,13,16H,8-12,19H2,1-3H3. The monoisotopic (exact) mass is 289 g/mol. The van der Waals surface area contributed by atoms with E-state index in [0.29, 0.717) is 18.0 Å². The minimum Gasteiger partial charge on any atom is -0.459 e. The van der Waals surface area contributed by atoms with Gasteiger partial charge in [-0.25, -0.2) is 4.79 Å². The zero-order valence-corrected chi connectivity index (χ0v) is 13.4. The lowest BCUT2D eigenvalue weighted by atomic mass is 9.71. The summed E-state index contributed by atoms with van der Waals surface area (Å²) in [6, 6.07) is 7.59. The Morgan fingerprint density at radius 1 is 1.29 bits per heavy atom. The number of hydrogen-bond acceptors (Lipinski definition) is 3. The van der Waals surface area contributed by atoms with E-state index in [9.17, 15) is 4.79 Å². The molecule has 2 rings (SSSR count). The highest BCUT2D eigenvalue weighted by Gasteiger charge is 2.34. The van der Waals surface area contributed by atoms with Crippen LogP contribution in [0.4, 0.5) is 0 Å². The van der Waals surface area contributed by atoms with Crippen molar-refractivity contribution in [3.8, 4) is 0 Å². The number of nitrogens with two attached hydrogens (primary N) is 1. The predicted molar refractivity (Wildman–Crippen MR) is 85.2 cm³/mol. The Hall–Kier alpha value is -1.35. The quantitative estimate of drug-likeness (QED) is 0.862. The number of benzene rings is 1. The van der Waals surface area contributed by atoms with Gasteiger partial charge in [-0.1, -0.05) is 32.9 Å². The molecule has 0 radical (unpaired) electrons. The highest BCUT2D eigenvalue weighted by atomic mass is 16.5. The maximum Gasteiger partial charge on any atom is 0.338 e. The van der Waals surface area contributed by atoms with Crippen molar-refractivity contribution in [3.63, 3.8) is 0 Å². The number of carbonyl (C=O) groups excluding carboxylic acids is 1. The Bertz CT molecular complexity index is 478. The van der Waals surface area contributed by atoms with E-state index in [1.54, 1.807) is 0 Å². The van der Waals surface area contributed by atoms with Crippen molar-refractivity contribution in [2.75, 3.05) is 6.54 Å². The Balaban J connectivity index is 1.97. The molecular weight excluding hydrogens is 262 g/mol. The molecular formula is C18H27NO2. The van der Waals surface area contributed by atoms with Crippen LogP contribution in [0.3, 0.4) is 0 Å². The van der Waals surface area contributed by atoms with Crippen LogP contribution in [-0.4, -0.2) is 18.6 Å². The molecule has 1 saturated carbocycles. The Morgan fingerprint density at radius 2 is 1.95 bits per heavy atom. The van der Waals surface area contributed by atoms with Crippen LogP contribution >= 0.6 is 0 Å². The number of ether oxygens (including phenoxy) is 1. The molecule has 1 aromatic carbocycles. The molecule has 3 heteroatoms. The summed E-state index contributed by atoms with van der Waals surface area (Å²) in [5, 5.41) is 0. The highest BCUT2D eigenvalue weighted by molar-refractivity contribution is 5.89. The van der Waals surface area contributed by atoms with E-state index in [1.165, 1.54) is 6.42 Å². The summed E-state index contributed by atoms with van der Waals surface area (Å²) >= 11 is 0. The SMILES string of the molecule is CC1CC(OC(=O)c2ccc(CCN)cc2)CC(C)(C)C1. The molecule has 0 bridgehead atoms. The van der Waals surface area contributed by atoms with E-state index in [1.807, 2.05) is 24.3 Å². The van der Waals surface area contributed by atoms with Crippen molar-refractivity contribution >= 4 is 5.97 Å². The Kier molecular flexibility index (Phi) is 5.04. The fourth-order valence-corrected chi connectivity index (χ4v) is 3.54. The molecule has 3 nitrogen and oxygen atoms in total. The largest absolute Gasteiger partial charge is 0.459 e.